The third kappa shape index (κ3) is 3.05. The minimum Gasteiger partial charge on any atom is -0.465 e. The number of aryl methyl sites for hydroxylation is 2. The summed E-state index contributed by atoms with van der Waals surface area (Å²) in [5.74, 6) is -0.657. The summed E-state index contributed by atoms with van der Waals surface area (Å²) in [7, 11) is 1.32. The van der Waals surface area contributed by atoms with Crippen LogP contribution in [-0.2, 0) is 11.2 Å². The first-order valence-electron chi connectivity index (χ1n) is 5.99. The van der Waals surface area contributed by atoms with Gasteiger partial charge < -0.3 is 4.74 Å². The molecule has 2 aromatic rings. The van der Waals surface area contributed by atoms with Crippen LogP contribution in [0.1, 0.15) is 37.5 Å². The second-order valence-corrected chi connectivity index (χ2v) is 6.03. The van der Waals surface area contributed by atoms with E-state index in [1.165, 1.54) is 7.11 Å². The highest BCUT2D eigenvalue weighted by Crippen LogP contribution is 2.24. The van der Waals surface area contributed by atoms with E-state index in [1.807, 2.05) is 18.4 Å². The molecule has 0 fully saturated rings. The van der Waals surface area contributed by atoms with Crippen LogP contribution in [0.2, 0.25) is 0 Å². The lowest BCUT2D eigenvalue weighted by Crippen LogP contribution is -2.10. The van der Waals surface area contributed by atoms with Crippen molar-refractivity contribution in [3.63, 3.8) is 0 Å². The molecule has 5 nitrogen and oxygen atoms in total. The molecule has 0 saturated heterocycles. The van der Waals surface area contributed by atoms with Crippen LogP contribution >= 0.6 is 22.7 Å². The Kier molecular flexibility index (Phi) is 4.51. The Labute approximate surface area is 124 Å². The minimum atomic E-state index is -0.440. The number of methoxy groups -OCH3 is 1. The fraction of sp³-hybridized carbons (Fsp3) is 0.308. The van der Waals surface area contributed by atoms with Gasteiger partial charge in [-0.2, -0.15) is 0 Å². The van der Waals surface area contributed by atoms with Gasteiger partial charge in [0.05, 0.1) is 18.4 Å². The molecular weight excluding hydrogens is 296 g/mol. The number of hydrogen-bond donors (Lipinski definition) is 1. The average molecular weight is 310 g/mol. The molecule has 2 rings (SSSR count). The predicted molar refractivity (Wildman–Crippen MR) is 79.8 cm³/mol. The number of aromatic nitrogens is 1. The number of hydrogen-bond acceptors (Lipinski definition) is 6. The van der Waals surface area contributed by atoms with Crippen LogP contribution < -0.4 is 5.32 Å². The summed E-state index contributed by atoms with van der Waals surface area (Å²) >= 11 is 2.67. The van der Waals surface area contributed by atoms with Gasteiger partial charge in [-0.25, -0.2) is 9.78 Å². The highest BCUT2D eigenvalue weighted by Gasteiger charge is 2.17. The van der Waals surface area contributed by atoms with Gasteiger partial charge in [0.25, 0.3) is 5.91 Å². The van der Waals surface area contributed by atoms with Gasteiger partial charge in [0.2, 0.25) is 0 Å². The number of thiophene rings is 1. The molecule has 7 heteroatoms. The molecule has 2 aromatic heterocycles. The Morgan fingerprint density at radius 2 is 2.20 bits per heavy atom. The van der Waals surface area contributed by atoms with E-state index in [4.69, 9.17) is 0 Å². The fourth-order valence-corrected chi connectivity index (χ4v) is 3.28. The molecule has 2 heterocycles. The maximum atomic E-state index is 12.0. The molecule has 0 aliphatic heterocycles. The molecule has 0 saturated carbocycles. The molecule has 0 bridgehead atoms. The van der Waals surface area contributed by atoms with Crippen molar-refractivity contribution in [2.45, 2.75) is 20.3 Å². The van der Waals surface area contributed by atoms with E-state index in [9.17, 15) is 9.59 Å². The van der Waals surface area contributed by atoms with Crippen molar-refractivity contribution in [3.05, 3.63) is 32.5 Å². The van der Waals surface area contributed by atoms with E-state index in [1.54, 1.807) is 18.3 Å². The number of rotatable bonds is 4. The van der Waals surface area contributed by atoms with Crippen molar-refractivity contribution in [3.8, 4) is 0 Å². The van der Waals surface area contributed by atoms with Crippen LogP contribution in [0.4, 0.5) is 5.13 Å². The highest BCUT2D eigenvalue weighted by molar-refractivity contribution is 7.17. The lowest BCUT2D eigenvalue weighted by Gasteiger charge is -1.97. The zero-order valence-electron chi connectivity index (χ0n) is 11.4. The van der Waals surface area contributed by atoms with E-state index >= 15 is 0 Å². The summed E-state index contributed by atoms with van der Waals surface area (Å²) in [4.78, 5) is 29.3. The Balaban J connectivity index is 2.14. The first kappa shape index (κ1) is 14.7. The van der Waals surface area contributed by atoms with Crippen molar-refractivity contribution in [2.24, 2.45) is 0 Å². The lowest BCUT2D eigenvalue weighted by atomic mass is 10.3. The van der Waals surface area contributed by atoms with Crippen LogP contribution in [-0.4, -0.2) is 24.0 Å². The molecule has 1 N–H and O–H groups in total. The van der Waals surface area contributed by atoms with Crippen LogP contribution in [0.5, 0.6) is 0 Å². The number of nitrogens with zero attached hydrogens (tertiary/aromatic N) is 1. The number of nitrogens with one attached hydrogen (secondary N) is 1. The molecule has 106 valence electrons. The Morgan fingerprint density at radius 1 is 1.45 bits per heavy atom. The molecule has 0 spiro atoms. The topological polar surface area (TPSA) is 68.3 Å². The summed E-state index contributed by atoms with van der Waals surface area (Å²) in [5.41, 5.74) is 1.16. The molecular formula is C13H14N2O3S2. The zero-order valence-corrected chi connectivity index (χ0v) is 13.0. The molecule has 1 amide bonds. The SMILES string of the molecule is CCc1cc(C(=O)Nc2nc(C)c(C(=O)OC)s2)cs1. The second kappa shape index (κ2) is 6.15. The maximum Gasteiger partial charge on any atom is 0.350 e. The average Bonchev–Trinajstić information content (AvgIpc) is 3.04. The molecule has 20 heavy (non-hydrogen) atoms. The highest BCUT2D eigenvalue weighted by atomic mass is 32.1. The monoisotopic (exact) mass is 310 g/mol. The quantitative estimate of drug-likeness (QED) is 0.881. The first-order valence-corrected chi connectivity index (χ1v) is 7.69. The van der Waals surface area contributed by atoms with Crippen molar-refractivity contribution < 1.29 is 14.3 Å². The standard InChI is InChI=1S/C13H14N2O3S2/c1-4-9-5-8(6-19-9)11(16)15-13-14-7(2)10(20-13)12(17)18-3/h5-6H,4H2,1-3H3,(H,14,15,16). The lowest BCUT2D eigenvalue weighted by molar-refractivity contribution is 0.0605. The van der Waals surface area contributed by atoms with Gasteiger partial charge in [0, 0.05) is 10.3 Å². The minimum absolute atomic E-state index is 0.217. The molecule has 0 unspecified atom stereocenters. The number of esters is 1. The number of ether oxygens (including phenoxy) is 1. The van der Waals surface area contributed by atoms with Crippen LogP contribution in [0.15, 0.2) is 11.4 Å². The normalized spacial score (nSPS) is 10.3. The van der Waals surface area contributed by atoms with E-state index in [2.05, 4.69) is 15.0 Å². The Hall–Kier alpha value is -1.73. The van der Waals surface area contributed by atoms with E-state index in [0.717, 1.165) is 22.6 Å². The van der Waals surface area contributed by atoms with Crippen LogP contribution in [0, 0.1) is 6.92 Å². The summed E-state index contributed by atoms with van der Waals surface area (Å²) in [5, 5.41) is 4.92. The third-order valence-corrected chi connectivity index (χ3v) is 4.79. The smallest absolute Gasteiger partial charge is 0.350 e. The molecule has 0 aromatic carbocycles. The Morgan fingerprint density at radius 3 is 2.80 bits per heavy atom. The van der Waals surface area contributed by atoms with Gasteiger partial charge in [-0.1, -0.05) is 18.3 Å². The number of amides is 1. The molecule has 0 radical (unpaired) electrons. The van der Waals surface area contributed by atoms with Crippen LogP contribution in [0.25, 0.3) is 0 Å². The van der Waals surface area contributed by atoms with E-state index in [0.29, 0.717) is 21.3 Å². The second-order valence-electron chi connectivity index (χ2n) is 4.03. The zero-order chi connectivity index (χ0) is 14.7. The van der Waals surface area contributed by atoms with Crippen molar-refractivity contribution in [2.75, 3.05) is 12.4 Å². The first-order chi connectivity index (χ1) is 9.55. The maximum absolute atomic E-state index is 12.0. The van der Waals surface area contributed by atoms with E-state index < -0.39 is 5.97 Å². The summed E-state index contributed by atoms with van der Waals surface area (Å²) in [6.45, 7) is 3.75. The summed E-state index contributed by atoms with van der Waals surface area (Å²) in [6.07, 6.45) is 0.904. The van der Waals surface area contributed by atoms with Gasteiger partial charge in [-0.3, -0.25) is 10.1 Å². The fourth-order valence-electron chi connectivity index (χ4n) is 1.59. The Bertz CT molecular complexity index is 646. The number of carbonyl (C=O) groups is 2. The summed E-state index contributed by atoms with van der Waals surface area (Å²) < 4.78 is 4.66. The van der Waals surface area contributed by atoms with Gasteiger partial charge in [0.1, 0.15) is 4.88 Å². The van der Waals surface area contributed by atoms with Gasteiger partial charge in [0.15, 0.2) is 5.13 Å². The molecule has 0 atom stereocenters. The van der Waals surface area contributed by atoms with E-state index in [-0.39, 0.29) is 5.91 Å². The largest absolute Gasteiger partial charge is 0.465 e. The van der Waals surface area contributed by atoms with Crippen molar-refractivity contribution >= 4 is 39.7 Å². The number of thiazole rings is 1. The van der Waals surface area contributed by atoms with Gasteiger partial charge in [-0.05, 0) is 19.4 Å². The van der Waals surface area contributed by atoms with Gasteiger partial charge >= 0.3 is 5.97 Å². The molecule has 0 aliphatic carbocycles. The van der Waals surface area contributed by atoms with Crippen LogP contribution in [0.3, 0.4) is 0 Å². The molecule has 0 aliphatic rings. The van der Waals surface area contributed by atoms with Crippen molar-refractivity contribution in [1.82, 2.24) is 4.98 Å². The number of carbonyl (C=O) groups excluding carboxylic acids is 2. The van der Waals surface area contributed by atoms with Crippen molar-refractivity contribution in [1.29, 1.82) is 0 Å². The van der Waals surface area contributed by atoms with Gasteiger partial charge in [-0.15, -0.1) is 11.3 Å². The predicted octanol–water partition coefficient (Wildman–Crippen LogP) is 3.11. The summed E-state index contributed by atoms with van der Waals surface area (Å²) in [6, 6.07) is 1.86. The third-order valence-electron chi connectivity index (χ3n) is 2.65. The number of anilines is 1.